The van der Waals surface area contributed by atoms with E-state index >= 15 is 0 Å². The van der Waals surface area contributed by atoms with Crippen molar-refractivity contribution < 1.29 is 5.03 Å². The maximum atomic E-state index is 9.92. The summed E-state index contributed by atoms with van der Waals surface area (Å²) in [6.45, 7) is 0. The highest BCUT2D eigenvalue weighted by molar-refractivity contribution is 5.78. The molecule has 0 fully saturated rings. The first-order chi connectivity index (χ1) is 7.47. The number of nitrogens with zero attached hydrogens (tertiary/aromatic N) is 5. The predicted molar refractivity (Wildman–Crippen MR) is 54.0 cm³/mol. The number of aromatic nitrogens is 3. The number of rotatable bonds is 3. The Balaban J connectivity index is 2.64. The maximum Gasteiger partial charge on any atom is 0.284 e. The fraction of sp³-hybridized carbons (Fsp3) is 0. The summed E-state index contributed by atoms with van der Waals surface area (Å²) >= 11 is 0. The van der Waals surface area contributed by atoms with Crippen LogP contribution >= 0.6 is 0 Å². The molecule has 12 heteroatoms. The Morgan fingerprint density at radius 3 is 2.38 bits per heavy atom. The molecule has 0 aliphatic heterocycles. The summed E-state index contributed by atoms with van der Waals surface area (Å²) in [4.78, 5) is 20.6. The van der Waals surface area contributed by atoms with Gasteiger partial charge >= 0.3 is 0 Å². The number of nitrogens with two attached hydrogens (primary N) is 3. The van der Waals surface area contributed by atoms with Gasteiger partial charge in [-0.2, -0.15) is 15.0 Å². The molecule has 1 heterocycles. The second-order valence-corrected chi connectivity index (χ2v) is 2.35. The van der Waals surface area contributed by atoms with Crippen LogP contribution in [-0.2, 0) is 0 Å². The molecule has 8 N–H and O–H groups in total. The van der Waals surface area contributed by atoms with Gasteiger partial charge in [0.25, 0.3) is 5.96 Å². The lowest BCUT2D eigenvalue weighted by molar-refractivity contribution is -0.485. The Morgan fingerprint density at radius 1 is 1.31 bits per heavy atom. The van der Waals surface area contributed by atoms with Crippen molar-refractivity contribution in [3.05, 3.63) is 10.1 Å². The van der Waals surface area contributed by atoms with Crippen LogP contribution in [0.15, 0.2) is 5.10 Å². The van der Waals surface area contributed by atoms with Gasteiger partial charge in [0.1, 0.15) is 5.10 Å². The van der Waals surface area contributed by atoms with Crippen molar-refractivity contribution in [1.29, 1.82) is 0 Å². The minimum Gasteiger partial charge on any atom is -0.368 e. The molecule has 86 valence electrons. The first-order valence-corrected chi connectivity index (χ1v) is 3.75. The highest BCUT2D eigenvalue weighted by Gasteiger charge is 2.02. The van der Waals surface area contributed by atoms with Crippen LogP contribution in [0.2, 0.25) is 0 Å². The van der Waals surface area contributed by atoms with Crippen molar-refractivity contribution in [3.63, 3.8) is 0 Å². The van der Waals surface area contributed by atoms with E-state index in [1.807, 2.05) is 0 Å². The summed E-state index contributed by atoms with van der Waals surface area (Å²) in [6.07, 6.45) is 0. The van der Waals surface area contributed by atoms with Gasteiger partial charge in [-0.25, -0.2) is 10.1 Å². The number of hydrazine groups is 1. The number of nitrogens with one attached hydrogen (secondary N) is 2. The van der Waals surface area contributed by atoms with Crippen molar-refractivity contribution in [3.8, 4) is 0 Å². The number of hydrogen-bond acceptors (Lipinski definition) is 8. The summed E-state index contributed by atoms with van der Waals surface area (Å²) < 4.78 is 0. The third kappa shape index (κ3) is 3.44. The number of hydrogen-bond donors (Lipinski definition) is 5. The summed E-state index contributed by atoms with van der Waals surface area (Å²) in [6, 6.07) is 0. The van der Waals surface area contributed by atoms with Gasteiger partial charge in [-0.15, -0.1) is 0 Å². The van der Waals surface area contributed by atoms with Gasteiger partial charge in [0, 0.05) is 0 Å². The van der Waals surface area contributed by atoms with Crippen LogP contribution in [0.25, 0.3) is 0 Å². The van der Waals surface area contributed by atoms with E-state index in [0.717, 1.165) is 0 Å². The maximum absolute atomic E-state index is 9.92. The number of nitro groups is 1. The van der Waals surface area contributed by atoms with Crippen LogP contribution < -0.4 is 28.1 Å². The fourth-order valence-corrected chi connectivity index (χ4v) is 0.698. The van der Waals surface area contributed by atoms with Gasteiger partial charge in [0.15, 0.2) is 5.03 Å². The second-order valence-electron chi connectivity index (χ2n) is 2.35. The van der Waals surface area contributed by atoms with Crippen molar-refractivity contribution in [2.24, 2.45) is 10.8 Å². The van der Waals surface area contributed by atoms with E-state index in [1.54, 1.807) is 0 Å². The minimum atomic E-state index is -0.972. The van der Waals surface area contributed by atoms with Crippen LogP contribution in [-0.4, -0.2) is 25.9 Å². The SMILES string of the molecule is N/C(=N\[N+](=O)[O-])NNc1nc(N)nc(N)n1. The minimum absolute atomic E-state index is 0.0495. The first kappa shape index (κ1) is 11.2. The molecule has 0 aliphatic carbocycles. The number of anilines is 3. The van der Waals surface area contributed by atoms with Crippen LogP contribution in [0.5, 0.6) is 0 Å². The van der Waals surface area contributed by atoms with Crippen molar-refractivity contribution in [1.82, 2.24) is 20.4 Å². The highest BCUT2D eigenvalue weighted by atomic mass is 16.7. The number of guanidine groups is 1. The van der Waals surface area contributed by atoms with Crippen molar-refractivity contribution >= 4 is 23.8 Å². The van der Waals surface area contributed by atoms with Gasteiger partial charge in [-0.3, -0.25) is 10.9 Å². The molecule has 0 bridgehead atoms. The molecular weight excluding hydrogens is 220 g/mol. The molecule has 0 radical (unpaired) electrons. The molecule has 1 aromatic rings. The van der Waals surface area contributed by atoms with E-state index in [0.29, 0.717) is 0 Å². The van der Waals surface area contributed by atoms with E-state index in [2.05, 4.69) is 30.9 Å². The zero-order valence-electron chi connectivity index (χ0n) is 7.78. The van der Waals surface area contributed by atoms with E-state index in [-0.39, 0.29) is 17.8 Å². The molecule has 12 nitrogen and oxygen atoms in total. The molecule has 0 spiro atoms. The van der Waals surface area contributed by atoms with Crippen LogP contribution in [0.1, 0.15) is 0 Å². The van der Waals surface area contributed by atoms with E-state index in [9.17, 15) is 10.1 Å². The Morgan fingerprint density at radius 2 is 1.88 bits per heavy atom. The number of hydrazone groups is 1. The quantitative estimate of drug-likeness (QED) is 0.159. The standard InChI is InChI=1S/C4H8N10O2/c5-1-8-2(6)10-4(9-1)12-11-3(7)13-14(15)16/h(H3,7,11,13)(H5,5,6,8,9,10,12). The topological polar surface area (TPSA) is 196 Å². The van der Waals surface area contributed by atoms with E-state index in [4.69, 9.17) is 17.2 Å². The third-order valence-electron chi connectivity index (χ3n) is 1.16. The summed E-state index contributed by atoms with van der Waals surface area (Å²) in [7, 11) is 0. The first-order valence-electron chi connectivity index (χ1n) is 3.75. The molecule has 0 aromatic carbocycles. The van der Waals surface area contributed by atoms with Crippen LogP contribution in [0.4, 0.5) is 17.8 Å². The molecule has 0 saturated carbocycles. The zero-order chi connectivity index (χ0) is 12.1. The average Bonchev–Trinajstić information content (AvgIpc) is 2.12. The third-order valence-corrected chi connectivity index (χ3v) is 1.16. The average molecular weight is 228 g/mol. The second kappa shape index (κ2) is 4.54. The lowest BCUT2D eigenvalue weighted by Crippen LogP contribution is -2.37. The Bertz CT molecular complexity index is 409. The molecule has 0 amide bonds. The molecule has 0 atom stereocenters. The molecule has 16 heavy (non-hydrogen) atoms. The number of nitrogen functional groups attached to an aromatic ring is 2. The lowest BCUT2D eigenvalue weighted by atomic mass is 10.8. The highest BCUT2D eigenvalue weighted by Crippen LogP contribution is 2.01. The summed E-state index contributed by atoms with van der Waals surface area (Å²) in [5, 5.41) is 11.7. The monoisotopic (exact) mass is 228 g/mol. The molecule has 0 saturated heterocycles. The smallest absolute Gasteiger partial charge is 0.284 e. The molecule has 1 aromatic heterocycles. The largest absolute Gasteiger partial charge is 0.368 e. The summed E-state index contributed by atoms with van der Waals surface area (Å²) in [5.74, 6) is -0.753. The summed E-state index contributed by atoms with van der Waals surface area (Å²) in [5.41, 5.74) is 20.1. The van der Waals surface area contributed by atoms with Gasteiger partial charge in [0.2, 0.25) is 17.8 Å². The zero-order valence-corrected chi connectivity index (χ0v) is 7.78. The molecule has 1 rings (SSSR count). The van der Waals surface area contributed by atoms with Gasteiger partial charge in [-0.1, -0.05) is 0 Å². The van der Waals surface area contributed by atoms with Crippen molar-refractivity contribution in [2.45, 2.75) is 0 Å². The Labute approximate surface area is 88.1 Å². The van der Waals surface area contributed by atoms with Gasteiger partial charge < -0.3 is 17.2 Å². The van der Waals surface area contributed by atoms with Gasteiger partial charge in [-0.05, 0) is 0 Å². The van der Waals surface area contributed by atoms with Crippen LogP contribution in [0, 0.1) is 10.1 Å². The Kier molecular flexibility index (Phi) is 3.16. The Hall–Kier alpha value is -2.92. The predicted octanol–water partition coefficient (Wildman–Crippen LogP) is -2.54. The molecule has 0 unspecified atom stereocenters. The van der Waals surface area contributed by atoms with E-state index in [1.165, 1.54) is 0 Å². The van der Waals surface area contributed by atoms with Gasteiger partial charge in [0.05, 0.1) is 0 Å². The lowest BCUT2D eigenvalue weighted by Gasteiger charge is -2.05. The van der Waals surface area contributed by atoms with Crippen molar-refractivity contribution in [2.75, 3.05) is 16.9 Å². The van der Waals surface area contributed by atoms with Crippen LogP contribution in [0.3, 0.4) is 0 Å². The fourth-order valence-electron chi connectivity index (χ4n) is 0.698. The molecular formula is C4H8N10O2. The normalized spacial score (nSPS) is 10.9. The molecule has 0 aliphatic rings. The van der Waals surface area contributed by atoms with E-state index < -0.39 is 11.0 Å².